The van der Waals surface area contributed by atoms with Gasteiger partial charge in [0.25, 0.3) is 0 Å². The maximum absolute atomic E-state index is 12.5. The van der Waals surface area contributed by atoms with Crippen LogP contribution >= 0.6 is 0 Å². The van der Waals surface area contributed by atoms with Gasteiger partial charge >= 0.3 is 11.7 Å². The van der Waals surface area contributed by atoms with Crippen molar-refractivity contribution in [3.63, 3.8) is 0 Å². The van der Waals surface area contributed by atoms with Crippen LogP contribution in [0.15, 0.2) is 17.4 Å². The van der Waals surface area contributed by atoms with Crippen LogP contribution in [0.1, 0.15) is 17.7 Å². The van der Waals surface area contributed by atoms with E-state index < -0.39 is 37.1 Å². The number of hydrogen-bond donors (Lipinski definition) is 3. The van der Waals surface area contributed by atoms with E-state index in [4.69, 9.17) is 15.7 Å². The smallest absolute Gasteiger partial charge is 0.349 e. The number of alkyl halides is 1. The quantitative estimate of drug-likeness (QED) is 0.287. The van der Waals surface area contributed by atoms with Gasteiger partial charge in [0.15, 0.2) is 0 Å². The Kier molecular flexibility index (Phi) is 7.56. The highest BCUT2D eigenvalue weighted by Gasteiger charge is 2.20. The minimum atomic E-state index is -1.20. The molecular formula is C14H19FN4O5. The van der Waals surface area contributed by atoms with Crippen molar-refractivity contribution >= 4 is 17.7 Å². The van der Waals surface area contributed by atoms with E-state index in [1.54, 1.807) is 0 Å². The van der Waals surface area contributed by atoms with Crippen LogP contribution in [-0.2, 0) is 33.8 Å². The van der Waals surface area contributed by atoms with E-state index in [1.165, 1.54) is 6.08 Å². The summed E-state index contributed by atoms with van der Waals surface area (Å²) >= 11 is 0. The number of carboxylic acid groups (broad SMARTS) is 1. The molecule has 0 spiro atoms. The molecule has 0 aliphatic carbocycles. The minimum Gasteiger partial charge on any atom is -0.481 e. The number of halogens is 1. The van der Waals surface area contributed by atoms with Gasteiger partial charge in [0.05, 0.1) is 31.8 Å². The molecule has 0 unspecified atom stereocenters. The molecule has 4 N–H and O–H groups in total. The molecule has 0 aromatic carbocycles. The third-order valence-electron chi connectivity index (χ3n) is 2.92. The first-order valence-corrected chi connectivity index (χ1v) is 7.08. The Morgan fingerprint density at radius 3 is 2.71 bits per heavy atom. The summed E-state index contributed by atoms with van der Waals surface area (Å²) in [5.41, 5.74) is 6.83. The predicted molar refractivity (Wildman–Crippen MR) is 83.1 cm³/mol. The van der Waals surface area contributed by atoms with Gasteiger partial charge in [-0.05, 0) is 6.42 Å². The van der Waals surface area contributed by atoms with Crippen LogP contribution < -0.4 is 16.9 Å². The Hall–Kier alpha value is -2.75. The zero-order chi connectivity index (χ0) is 18.1. The predicted octanol–water partition coefficient (Wildman–Crippen LogP) is -0.213. The molecular weight excluding hydrogens is 323 g/mol. The zero-order valence-corrected chi connectivity index (χ0v) is 13.0. The van der Waals surface area contributed by atoms with Gasteiger partial charge in [-0.1, -0.05) is 6.08 Å². The number of nitrogens with one attached hydrogen (secondary N) is 1. The number of carbonyl (C=O) groups excluding carboxylic acids is 1. The lowest BCUT2D eigenvalue weighted by atomic mass is 10.1. The Balaban J connectivity index is 3.46. The van der Waals surface area contributed by atoms with E-state index >= 15 is 0 Å². The van der Waals surface area contributed by atoms with E-state index in [-0.39, 0.29) is 36.6 Å². The standard InChI is InChI=1S/C14H19FN4O5/c1-2-6-24-18-13-9(7-12(21)22)10(8-11(16)20)17-14(23)19(13)5-3-4-15/h2,18H,1,3-8H2,(H2,16,20)(H,21,22). The van der Waals surface area contributed by atoms with Crippen molar-refractivity contribution in [2.75, 3.05) is 18.8 Å². The number of rotatable bonds is 11. The number of nitrogens with two attached hydrogens (primary N) is 1. The molecule has 0 saturated heterocycles. The fourth-order valence-corrected chi connectivity index (χ4v) is 2.00. The van der Waals surface area contributed by atoms with Crippen molar-refractivity contribution in [2.24, 2.45) is 5.73 Å². The highest BCUT2D eigenvalue weighted by molar-refractivity contribution is 5.79. The lowest BCUT2D eigenvalue weighted by molar-refractivity contribution is -0.136. The molecule has 132 valence electrons. The summed E-state index contributed by atoms with van der Waals surface area (Å²) in [6, 6.07) is 0. The number of primary amides is 1. The lowest BCUT2D eigenvalue weighted by Crippen LogP contribution is -2.31. The van der Waals surface area contributed by atoms with Crippen LogP contribution in [-0.4, -0.2) is 39.8 Å². The molecule has 1 aromatic rings. The fraction of sp³-hybridized carbons (Fsp3) is 0.429. The molecule has 1 rings (SSSR count). The highest BCUT2D eigenvalue weighted by Crippen LogP contribution is 2.19. The summed E-state index contributed by atoms with van der Waals surface area (Å²) < 4.78 is 13.5. The third-order valence-corrected chi connectivity index (χ3v) is 2.92. The molecule has 0 aliphatic heterocycles. The summed E-state index contributed by atoms with van der Waals surface area (Å²) in [5, 5.41) is 9.08. The van der Waals surface area contributed by atoms with Crippen molar-refractivity contribution in [3.8, 4) is 0 Å². The molecule has 1 aromatic heterocycles. The number of carboxylic acids is 1. The maximum Gasteiger partial charge on any atom is 0.349 e. The second-order valence-corrected chi connectivity index (χ2v) is 4.78. The molecule has 0 aliphatic rings. The Morgan fingerprint density at radius 2 is 2.17 bits per heavy atom. The number of amides is 1. The molecule has 24 heavy (non-hydrogen) atoms. The van der Waals surface area contributed by atoms with Crippen molar-refractivity contribution < 1.29 is 23.9 Å². The van der Waals surface area contributed by atoms with Gasteiger partial charge in [-0.3, -0.25) is 23.4 Å². The van der Waals surface area contributed by atoms with Gasteiger partial charge in [0.1, 0.15) is 5.82 Å². The van der Waals surface area contributed by atoms with E-state index in [9.17, 15) is 18.8 Å². The topological polar surface area (TPSA) is 137 Å². The number of hydrogen-bond acceptors (Lipinski definition) is 6. The van der Waals surface area contributed by atoms with Gasteiger partial charge in [0, 0.05) is 12.1 Å². The first-order valence-electron chi connectivity index (χ1n) is 7.08. The number of anilines is 1. The third kappa shape index (κ3) is 5.47. The van der Waals surface area contributed by atoms with Crippen molar-refractivity contribution in [3.05, 3.63) is 34.4 Å². The molecule has 0 atom stereocenters. The van der Waals surface area contributed by atoms with Gasteiger partial charge in [-0.15, -0.1) is 6.58 Å². The van der Waals surface area contributed by atoms with Crippen LogP contribution in [0.2, 0.25) is 0 Å². The van der Waals surface area contributed by atoms with Crippen molar-refractivity contribution in [2.45, 2.75) is 25.8 Å². The molecule has 1 amide bonds. The fourth-order valence-electron chi connectivity index (χ4n) is 2.00. The largest absolute Gasteiger partial charge is 0.481 e. The summed E-state index contributed by atoms with van der Waals surface area (Å²) in [5.74, 6) is -1.97. The average Bonchev–Trinajstić information content (AvgIpc) is 2.49. The molecule has 10 heteroatoms. The summed E-state index contributed by atoms with van der Waals surface area (Å²) in [7, 11) is 0. The second-order valence-electron chi connectivity index (χ2n) is 4.78. The molecule has 1 heterocycles. The van der Waals surface area contributed by atoms with Crippen molar-refractivity contribution in [1.82, 2.24) is 9.55 Å². The van der Waals surface area contributed by atoms with E-state index in [1.807, 2.05) is 0 Å². The van der Waals surface area contributed by atoms with Crippen LogP contribution in [0.4, 0.5) is 10.2 Å². The molecule has 0 radical (unpaired) electrons. The van der Waals surface area contributed by atoms with E-state index in [0.29, 0.717) is 0 Å². The Labute approximate surface area is 136 Å². The highest BCUT2D eigenvalue weighted by atomic mass is 19.1. The first kappa shape index (κ1) is 19.3. The van der Waals surface area contributed by atoms with Gasteiger partial charge in [-0.2, -0.15) is 4.98 Å². The zero-order valence-electron chi connectivity index (χ0n) is 13.0. The number of nitrogens with zero attached hydrogens (tertiary/aromatic N) is 2. The van der Waals surface area contributed by atoms with Crippen LogP contribution in [0.5, 0.6) is 0 Å². The first-order chi connectivity index (χ1) is 11.4. The summed E-state index contributed by atoms with van der Waals surface area (Å²) in [4.78, 5) is 43.2. The number of carbonyl (C=O) groups is 2. The van der Waals surface area contributed by atoms with Crippen LogP contribution in [0.3, 0.4) is 0 Å². The molecule has 0 saturated carbocycles. The number of aliphatic carboxylic acids is 1. The monoisotopic (exact) mass is 342 g/mol. The molecule has 9 nitrogen and oxygen atoms in total. The van der Waals surface area contributed by atoms with Gasteiger partial charge in [0.2, 0.25) is 5.91 Å². The minimum absolute atomic E-state index is 0.00366. The van der Waals surface area contributed by atoms with Crippen molar-refractivity contribution in [1.29, 1.82) is 0 Å². The number of aromatic nitrogens is 2. The SMILES string of the molecule is C=CCONc1c(CC(=O)O)c(CC(N)=O)nc(=O)n1CCCF. The summed E-state index contributed by atoms with van der Waals surface area (Å²) in [6.07, 6.45) is 0.530. The molecule has 0 bridgehead atoms. The average molecular weight is 342 g/mol. The van der Waals surface area contributed by atoms with E-state index in [2.05, 4.69) is 17.0 Å². The maximum atomic E-state index is 12.5. The van der Waals surface area contributed by atoms with Gasteiger partial charge < -0.3 is 10.8 Å². The normalized spacial score (nSPS) is 10.4. The van der Waals surface area contributed by atoms with Crippen LogP contribution in [0.25, 0.3) is 0 Å². The van der Waals surface area contributed by atoms with Crippen LogP contribution in [0, 0.1) is 0 Å². The summed E-state index contributed by atoms with van der Waals surface area (Å²) in [6.45, 7) is 2.82. The second kappa shape index (κ2) is 9.40. The Morgan fingerprint density at radius 1 is 1.46 bits per heavy atom. The molecule has 0 fully saturated rings. The van der Waals surface area contributed by atoms with E-state index in [0.717, 1.165) is 4.57 Å². The lowest BCUT2D eigenvalue weighted by Gasteiger charge is -2.18. The van der Waals surface area contributed by atoms with Gasteiger partial charge in [-0.25, -0.2) is 10.3 Å². The Bertz CT molecular complexity index is 674.